The minimum atomic E-state index is -0.0896. The van der Waals surface area contributed by atoms with E-state index in [2.05, 4.69) is 9.97 Å². The highest BCUT2D eigenvalue weighted by atomic mass is 16.3. The molecule has 0 amide bonds. The predicted octanol–water partition coefficient (Wildman–Crippen LogP) is 4.75. The minimum Gasteiger partial charge on any atom is -0.508 e. The SMILES string of the molecule is Cc1ccc(-n2c(Cn3nc(-c4cccc(O)c4)c4c(N)ncnc43)cc3cccc(C)c3c2=O)cc1. The molecule has 0 saturated heterocycles. The molecule has 8 nitrogen and oxygen atoms in total. The van der Waals surface area contributed by atoms with Gasteiger partial charge in [-0.25, -0.2) is 14.6 Å². The normalized spacial score (nSPS) is 11.4. The van der Waals surface area contributed by atoms with Crippen molar-refractivity contribution in [1.29, 1.82) is 0 Å². The van der Waals surface area contributed by atoms with Crippen LogP contribution in [0.4, 0.5) is 5.82 Å². The number of hydrogen-bond donors (Lipinski definition) is 2. The Kier molecular flexibility index (Phi) is 5.22. The third-order valence-corrected chi connectivity index (χ3v) is 6.61. The van der Waals surface area contributed by atoms with Crippen molar-refractivity contribution < 1.29 is 5.11 Å². The third kappa shape index (κ3) is 3.79. The van der Waals surface area contributed by atoms with Crippen LogP contribution in [0.1, 0.15) is 16.8 Å². The molecule has 3 heterocycles. The molecule has 0 aliphatic heterocycles. The van der Waals surface area contributed by atoms with Crippen molar-refractivity contribution in [2.75, 3.05) is 5.73 Å². The number of anilines is 1. The summed E-state index contributed by atoms with van der Waals surface area (Å²) in [6.45, 7) is 4.23. The minimum absolute atomic E-state index is 0.0896. The summed E-state index contributed by atoms with van der Waals surface area (Å²) in [5.41, 5.74) is 11.5. The van der Waals surface area contributed by atoms with E-state index in [1.807, 2.05) is 68.4 Å². The lowest BCUT2D eigenvalue weighted by Gasteiger charge is -2.16. The van der Waals surface area contributed by atoms with E-state index < -0.39 is 0 Å². The summed E-state index contributed by atoms with van der Waals surface area (Å²) in [7, 11) is 0. The summed E-state index contributed by atoms with van der Waals surface area (Å²) in [6.07, 6.45) is 1.40. The molecule has 3 aromatic carbocycles. The highest BCUT2D eigenvalue weighted by Crippen LogP contribution is 2.32. The third-order valence-electron chi connectivity index (χ3n) is 6.61. The van der Waals surface area contributed by atoms with Gasteiger partial charge in [0.05, 0.1) is 17.3 Å². The monoisotopic (exact) mass is 488 g/mol. The van der Waals surface area contributed by atoms with Gasteiger partial charge in [-0.1, -0.05) is 48.0 Å². The van der Waals surface area contributed by atoms with Gasteiger partial charge in [-0.2, -0.15) is 5.10 Å². The average Bonchev–Trinajstić information content (AvgIpc) is 3.25. The summed E-state index contributed by atoms with van der Waals surface area (Å²) in [5, 5.41) is 17.0. The van der Waals surface area contributed by atoms with E-state index >= 15 is 0 Å². The van der Waals surface area contributed by atoms with Crippen molar-refractivity contribution in [2.45, 2.75) is 20.4 Å². The molecule has 3 N–H and O–H groups in total. The molecule has 0 spiro atoms. The Morgan fingerprint density at radius 2 is 1.70 bits per heavy atom. The Morgan fingerprint density at radius 1 is 0.919 bits per heavy atom. The quantitative estimate of drug-likeness (QED) is 0.370. The lowest BCUT2D eigenvalue weighted by molar-refractivity contribution is 0.475. The lowest BCUT2D eigenvalue weighted by atomic mass is 10.1. The van der Waals surface area contributed by atoms with Crippen molar-refractivity contribution in [3.63, 3.8) is 0 Å². The molecule has 0 bridgehead atoms. The van der Waals surface area contributed by atoms with Crippen molar-refractivity contribution in [2.24, 2.45) is 0 Å². The number of rotatable bonds is 4. The van der Waals surface area contributed by atoms with Crippen LogP contribution in [0.2, 0.25) is 0 Å². The highest BCUT2D eigenvalue weighted by Gasteiger charge is 2.20. The molecule has 0 radical (unpaired) electrons. The first kappa shape index (κ1) is 22.5. The van der Waals surface area contributed by atoms with Crippen LogP contribution in [0.15, 0.2) is 83.9 Å². The first-order chi connectivity index (χ1) is 17.9. The zero-order chi connectivity index (χ0) is 25.7. The van der Waals surface area contributed by atoms with E-state index in [1.165, 1.54) is 6.33 Å². The molecule has 3 aromatic heterocycles. The van der Waals surface area contributed by atoms with Crippen molar-refractivity contribution >= 4 is 27.6 Å². The van der Waals surface area contributed by atoms with Gasteiger partial charge in [0.15, 0.2) is 5.65 Å². The topological polar surface area (TPSA) is 112 Å². The number of phenols is 1. The van der Waals surface area contributed by atoms with Crippen molar-refractivity contribution in [3.8, 4) is 22.7 Å². The summed E-state index contributed by atoms with van der Waals surface area (Å²) < 4.78 is 3.47. The molecule has 6 aromatic rings. The molecule has 0 aliphatic rings. The largest absolute Gasteiger partial charge is 0.508 e. The Balaban J connectivity index is 1.61. The molecule has 0 saturated carbocycles. The number of aryl methyl sites for hydroxylation is 2. The number of pyridine rings is 1. The van der Waals surface area contributed by atoms with E-state index in [-0.39, 0.29) is 17.9 Å². The summed E-state index contributed by atoms with van der Waals surface area (Å²) in [6, 6.07) is 22.6. The Morgan fingerprint density at radius 3 is 2.49 bits per heavy atom. The van der Waals surface area contributed by atoms with E-state index in [1.54, 1.807) is 27.4 Å². The second-order valence-electron chi connectivity index (χ2n) is 9.17. The molecular formula is C29H24N6O2. The van der Waals surface area contributed by atoms with E-state index in [9.17, 15) is 9.90 Å². The van der Waals surface area contributed by atoms with Gasteiger partial charge < -0.3 is 10.8 Å². The predicted molar refractivity (Wildman–Crippen MR) is 145 cm³/mol. The molecule has 182 valence electrons. The van der Waals surface area contributed by atoms with Gasteiger partial charge in [0.25, 0.3) is 5.56 Å². The maximum Gasteiger partial charge on any atom is 0.263 e. The van der Waals surface area contributed by atoms with Crippen LogP contribution in [0, 0.1) is 13.8 Å². The smallest absolute Gasteiger partial charge is 0.263 e. The average molecular weight is 489 g/mol. The van der Waals surface area contributed by atoms with Crippen LogP contribution in [0.5, 0.6) is 5.75 Å². The van der Waals surface area contributed by atoms with E-state index in [4.69, 9.17) is 10.8 Å². The van der Waals surface area contributed by atoms with Crippen molar-refractivity contribution in [3.05, 3.63) is 106 Å². The Bertz CT molecular complexity index is 1870. The molecule has 0 aliphatic carbocycles. The first-order valence-electron chi connectivity index (χ1n) is 11.9. The van der Waals surface area contributed by atoms with E-state index in [0.29, 0.717) is 33.5 Å². The number of nitrogen functional groups attached to an aromatic ring is 1. The maximum absolute atomic E-state index is 13.9. The second-order valence-corrected chi connectivity index (χ2v) is 9.17. The Labute approximate surface area is 212 Å². The zero-order valence-corrected chi connectivity index (χ0v) is 20.4. The molecule has 37 heavy (non-hydrogen) atoms. The number of benzene rings is 3. The first-order valence-corrected chi connectivity index (χ1v) is 11.9. The summed E-state index contributed by atoms with van der Waals surface area (Å²) >= 11 is 0. The van der Waals surface area contributed by atoms with Crippen LogP contribution < -0.4 is 11.3 Å². The number of aromatic hydroxyl groups is 1. The molecule has 0 unspecified atom stereocenters. The van der Waals surface area contributed by atoms with E-state index in [0.717, 1.165) is 27.9 Å². The van der Waals surface area contributed by atoms with Crippen LogP contribution in [0.25, 0.3) is 38.8 Å². The van der Waals surface area contributed by atoms with Crippen LogP contribution in [0.3, 0.4) is 0 Å². The number of phenolic OH excluding ortho intramolecular Hbond substituents is 1. The summed E-state index contributed by atoms with van der Waals surface area (Å²) in [4.78, 5) is 22.5. The number of nitrogens with two attached hydrogens (primary N) is 1. The van der Waals surface area contributed by atoms with Gasteiger partial charge in [0, 0.05) is 16.9 Å². The molecular weight excluding hydrogens is 464 g/mol. The van der Waals surface area contributed by atoms with Gasteiger partial charge in [0.1, 0.15) is 23.6 Å². The fraction of sp³-hybridized carbons (Fsp3) is 0.103. The van der Waals surface area contributed by atoms with Gasteiger partial charge in [-0.05, 0) is 55.1 Å². The molecule has 0 atom stereocenters. The number of fused-ring (bicyclic) bond motifs is 2. The Hall–Kier alpha value is -4.98. The van der Waals surface area contributed by atoms with Crippen LogP contribution in [-0.2, 0) is 6.54 Å². The number of nitrogens with zero attached hydrogens (tertiary/aromatic N) is 5. The van der Waals surface area contributed by atoms with Crippen LogP contribution in [-0.4, -0.2) is 29.4 Å². The second kappa shape index (κ2) is 8.60. The highest BCUT2D eigenvalue weighted by molar-refractivity contribution is 5.98. The maximum atomic E-state index is 13.9. The summed E-state index contributed by atoms with van der Waals surface area (Å²) in [5.74, 6) is 0.411. The van der Waals surface area contributed by atoms with Gasteiger partial charge in [-0.15, -0.1) is 0 Å². The molecule has 0 fully saturated rings. The lowest BCUT2D eigenvalue weighted by Crippen LogP contribution is -2.24. The number of hydrogen-bond acceptors (Lipinski definition) is 6. The molecule has 6 rings (SSSR count). The van der Waals surface area contributed by atoms with Gasteiger partial charge in [-0.3, -0.25) is 9.36 Å². The fourth-order valence-corrected chi connectivity index (χ4v) is 4.83. The van der Waals surface area contributed by atoms with Gasteiger partial charge in [0.2, 0.25) is 0 Å². The van der Waals surface area contributed by atoms with Crippen LogP contribution >= 0.6 is 0 Å². The zero-order valence-electron chi connectivity index (χ0n) is 20.4. The number of aromatic nitrogens is 5. The standard InChI is InChI=1S/C29H24N6O2/c1-17-9-11-21(12-10-17)35-22(13-19-6-3-5-18(2)24(19)29(35)37)15-34-28-25(27(30)31-16-32-28)26(33-34)20-7-4-8-23(36)14-20/h3-14,16,36H,15H2,1-2H3,(H2,30,31,32). The molecule has 8 heteroatoms. The van der Waals surface area contributed by atoms with Crippen molar-refractivity contribution in [1.82, 2.24) is 24.3 Å². The van der Waals surface area contributed by atoms with Gasteiger partial charge >= 0.3 is 0 Å². The fourth-order valence-electron chi connectivity index (χ4n) is 4.83.